The number of nitrogens with one attached hydrogen (secondary N) is 1. The first kappa shape index (κ1) is 12.5. The van der Waals surface area contributed by atoms with E-state index in [2.05, 4.69) is 5.32 Å². The molecule has 0 amide bonds. The third-order valence-corrected chi connectivity index (χ3v) is 2.78. The fourth-order valence-corrected chi connectivity index (χ4v) is 1.95. The molecule has 1 unspecified atom stereocenters. The zero-order valence-electron chi connectivity index (χ0n) is 8.20. The smallest absolute Gasteiger partial charge is 0.167 e. The van der Waals surface area contributed by atoms with E-state index in [1.54, 1.807) is 12.1 Å². The van der Waals surface area contributed by atoms with Crippen LogP contribution in [0.3, 0.4) is 0 Å². The SMILES string of the molecule is Cl.O=C(c1cccc(Cl)c1)C1CCNC1. The number of hydrogen-bond donors (Lipinski definition) is 1. The van der Waals surface area contributed by atoms with Crippen molar-refractivity contribution in [3.63, 3.8) is 0 Å². The molecule has 15 heavy (non-hydrogen) atoms. The maximum atomic E-state index is 11.9. The summed E-state index contributed by atoms with van der Waals surface area (Å²) in [4.78, 5) is 11.9. The Labute approximate surface area is 100 Å². The first-order valence-electron chi connectivity index (χ1n) is 4.78. The molecule has 4 heteroatoms. The van der Waals surface area contributed by atoms with Gasteiger partial charge in [0.25, 0.3) is 0 Å². The first-order chi connectivity index (χ1) is 6.77. The number of carbonyl (C=O) groups is 1. The maximum absolute atomic E-state index is 11.9. The van der Waals surface area contributed by atoms with Crippen molar-refractivity contribution in [1.29, 1.82) is 0 Å². The van der Waals surface area contributed by atoms with Gasteiger partial charge < -0.3 is 5.32 Å². The van der Waals surface area contributed by atoms with Crippen LogP contribution in [0.1, 0.15) is 16.8 Å². The van der Waals surface area contributed by atoms with E-state index in [9.17, 15) is 4.79 Å². The molecule has 0 bridgehead atoms. The minimum absolute atomic E-state index is 0. The van der Waals surface area contributed by atoms with Gasteiger partial charge in [0, 0.05) is 23.0 Å². The molecule has 82 valence electrons. The van der Waals surface area contributed by atoms with Gasteiger partial charge in [0.05, 0.1) is 0 Å². The summed E-state index contributed by atoms with van der Waals surface area (Å²) in [7, 11) is 0. The molecule has 1 aliphatic heterocycles. The van der Waals surface area contributed by atoms with Gasteiger partial charge in [-0.2, -0.15) is 0 Å². The van der Waals surface area contributed by atoms with Crippen LogP contribution in [0, 0.1) is 5.92 Å². The highest BCUT2D eigenvalue weighted by molar-refractivity contribution is 6.31. The third-order valence-electron chi connectivity index (χ3n) is 2.54. The average Bonchev–Trinajstić information content (AvgIpc) is 2.69. The van der Waals surface area contributed by atoms with Crippen LogP contribution >= 0.6 is 24.0 Å². The molecule has 1 saturated heterocycles. The van der Waals surface area contributed by atoms with Crippen LogP contribution in [0.2, 0.25) is 5.02 Å². The van der Waals surface area contributed by atoms with E-state index in [0.29, 0.717) is 5.02 Å². The molecular weight excluding hydrogens is 233 g/mol. The van der Waals surface area contributed by atoms with Gasteiger partial charge in [0.15, 0.2) is 5.78 Å². The second-order valence-electron chi connectivity index (χ2n) is 3.56. The van der Waals surface area contributed by atoms with E-state index < -0.39 is 0 Å². The van der Waals surface area contributed by atoms with Crippen molar-refractivity contribution in [2.24, 2.45) is 5.92 Å². The number of benzene rings is 1. The summed E-state index contributed by atoms with van der Waals surface area (Å²) < 4.78 is 0. The summed E-state index contributed by atoms with van der Waals surface area (Å²) in [6, 6.07) is 7.16. The monoisotopic (exact) mass is 245 g/mol. The molecule has 1 atom stereocenters. The van der Waals surface area contributed by atoms with Gasteiger partial charge in [-0.3, -0.25) is 4.79 Å². The summed E-state index contributed by atoms with van der Waals surface area (Å²) in [5.74, 6) is 0.339. The van der Waals surface area contributed by atoms with E-state index in [0.717, 1.165) is 25.1 Å². The van der Waals surface area contributed by atoms with Crippen LogP contribution in [-0.2, 0) is 0 Å². The molecular formula is C11H13Cl2NO. The van der Waals surface area contributed by atoms with Gasteiger partial charge in [0.2, 0.25) is 0 Å². The second kappa shape index (κ2) is 5.50. The lowest BCUT2D eigenvalue weighted by Crippen LogP contribution is -2.17. The van der Waals surface area contributed by atoms with Crippen molar-refractivity contribution in [2.45, 2.75) is 6.42 Å². The highest BCUT2D eigenvalue weighted by atomic mass is 35.5. The molecule has 1 N–H and O–H groups in total. The molecule has 0 aliphatic carbocycles. The average molecular weight is 246 g/mol. The molecule has 2 nitrogen and oxygen atoms in total. The standard InChI is InChI=1S/C11H12ClNO.ClH/c12-10-3-1-2-8(6-10)11(14)9-4-5-13-7-9;/h1-3,6,9,13H,4-5,7H2;1H. The molecule has 0 spiro atoms. The minimum Gasteiger partial charge on any atom is -0.316 e. The highest BCUT2D eigenvalue weighted by Crippen LogP contribution is 2.18. The zero-order valence-corrected chi connectivity index (χ0v) is 9.77. The van der Waals surface area contributed by atoms with Gasteiger partial charge >= 0.3 is 0 Å². The van der Waals surface area contributed by atoms with Gasteiger partial charge in [-0.1, -0.05) is 23.7 Å². The summed E-state index contributed by atoms with van der Waals surface area (Å²) in [5.41, 5.74) is 0.728. The van der Waals surface area contributed by atoms with Crippen molar-refractivity contribution in [1.82, 2.24) is 5.32 Å². The van der Waals surface area contributed by atoms with Gasteiger partial charge in [-0.15, -0.1) is 12.4 Å². The minimum atomic E-state index is 0. The van der Waals surface area contributed by atoms with Crippen LogP contribution < -0.4 is 5.32 Å². The van der Waals surface area contributed by atoms with Gasteiger partial charge in [-0.05, 0) is 25.1 Å². The predicted molar refractivity (Wildman–Crippen MR) is 64.0 cm³/mol. The second-order valence-corrected chi connectivity index (χ2v) is 4.00. The number of carbonyl (C=O) groups excluding carboxylic acids is 1. The van der Waals surface area contributed by atoms with Crippen LogP contribution in [0.5, 0.6) is 0 Å². The van der Waals surface area contributed by atoms with E-state index in [1.807, 2.05) is 12.1 Å². The summed E-state index contributed by atoms with van der Waals surface area (Å²) >= 11 is 5.83. The van der Waals surface area contributed by atoms with Crippen LogP contribution in [-0.4, -0.2) is 18.9 Å². The summed E-state index contributed by atoms with van der Waals surface area (Å²) in [6.07, 6.45) is 0.936. The molecule has 1 fully saturated rings. The number of Topliss-reactive ketones (excluding diaryl/α,β-unsaturated/α-hetero) is 1. The molecule has 1 heterocycles. The molecule has 0 saturated carbocycles. The fraction of sp³-hybridized carbons (Fsp3) is 0.364. The Bertz CT molecular complexity index is 348. The summed E-state index contributed by atoms with van der Waals surface area (Å²) in [6.45, 7) is 1.74. The van der Waals surface area contributed by atoms with Crippen LogP contribution in [0.25, 0.3) is 0 Å². The quantitative estimate of drug-likeness (QED) is 0.812. The number of ketones is 1. The Hall–Kier alpha value is -0.570. The van der Waals surface area contributed by atoms with Crippen molar-refractivity contribution < 1.29 is 4.79 Å². The largest absolute Gasteiger partial charge is 0.316 e. The van der Waals surface area contributed by atoms with Crippen LogP contribution in [0.15, 0.2) is 24.3 Å². The lowest BCUT2D eigenvalue weighted by molar-refractivity contribution is 0.0930. The number of halogens is 2. The van der Waals surface area contributed by atoms with Crippen molar-refractivity contribution in [3.05, 3.63) is 34.9 Å². The predicted octanol–water partition coefficient (Wildman–Crippen LogP) is 2.55. The topological polar surface area (TPSA) is 29.1 Å². The van der Waals surface area contributed by atoms with Crippen molar-refractivity contribution >= 4 is 29.8 Å². The van der Waals surface area contributed by atoms with Crippen LogP contribution in [0.4, 0.5) is 0 Å². The number of rotatable bonds is 2. The van der Waals surface area contributed by atoms with Crippen molar-refractivity contribution in [3.8, 4) is 0 Å². The van der Waals surface area contributed by atoms with E-state index in [-0.39, 0.29) is 24.1 Å². The normalized spacial score (nSPS) is 19.7. The zero-order chi connectivity index (χ0) is 9.97. The van der Waals surface area contributed by atoms with Crippen molar-refractivity contribution in [2.75, 3.05) is 13.1 Å². The Morgan fingerprint density at radius 1 is 1.47 bits per heavy atom. The molecule has 1 aromatic rings. The van der Waals surface area contributed by atoms with Gasteiger partial charge in [-0.25, -0.2) is 0 Å². The van der Waals surface area contributed by atoms with E-state index in [4.69, 9.17) is 11.6 Å². The lowest BCUT2D eigenvalue weighted by Gasteiger charge is -2.06. The Morgan fingerprint density at radius 2 is 2.27 bits per heavy atom. The Morgan fingerprint density at radius 3 is 2.87 bits per heavy atom. The fourth-order valence-electron chi connectivity index (χ4n) is 1.76. The van der Waals surface area contributed by atoms with E-state index in [1.165, 1.54) is 0 Å². The maximum Gasteiger partial charge on any atom is 0.167 e. The Balaban J connectivity index is 0.00000112. The lowest BCUT2D eigenvalue weighted by atomic mass is 9.97. The number of hydrogen-bond acceptors (Lipinski definition) is 2. The molecule has 1 aromatic carbocycles. The van der Waals surface area contributed by atoms with E-state index >= 15 is 0 Å². The third kappa shape index (κ3) is 2.94. The summed E-state index contributed by atoms with van der Waals surface area (Å²) in [5, 5.41) is 3.81. The Kier molecular flexibility index (Phi) is 4.58. The molecule has 1 aliphatic rings. The molecule has 0 aromatic heterocycles. The van der Waals surface area contributed by atoms with Gasteiger partial charge in [0.1, 0.15) is 0 Å². The highest BCUT2D eigenvalue weighted by Gasteiger charge is 2.23. The first-order valence-corrected chi connectivity index (χ1v) is 5.15. The molecule has 2 rings (SSSR count). The molecule has 0 radical (unpaired) electrons.